The Labute approximate surface area is 180 Å². The molecule has 4 atom stereocenters. The maximum atomic E-state index is 12.4. The summed E-state index contributed by atoms with van der Waals surface area (Å²) in [5.74, 6) is -2.09. The second-order valence-electron chi connectivity index (χ2n) is 7.54. The first kappa shape index (κ1) is 22.7. The molecule has 0 heterocycles. The number of hydrogen-bond donors (Lipinski definition) is 3. The summed E-state index contributed by atoms with van der Waals surface area (Å²) in [6.45, 7) is 1.36. The van der Waals surface area contributed by atoms with Crippen molar-refractivity contribution in [2.75, 3.05) is 35.0 Å². The van der Waals surface area contributed by atoms with Gasteiger partial charge in [-0.2, -0.15) is 0 Å². The molecule has 1 aliphatic carbocycles. The molecule has 2 aromatic carbocycles. The van der Waals surface area contributed by atoms with Crippen molar-refractivity contribution in [1.82, 2.24) is 0 Å². The maximum absolute atomic E-state index is 12.4. The van der Waals surface area contributed by atoms with E-state index in [1.165, 1.54) is 28.4 Å². The van der Waals surface area contributed by atoms with Crippen molar-refractivity contribution in [3.63, 3.8) is 0 Å². The number of rotatable bonds is 7. The van der Waals surface area contributed by atoms with Gasteiger partial charge in [0.25, 0.3) is 0 Å². The lowest BCUT2D eigenvalue weighted by Crippen LogP contribution is -2.40. The van der Waals surface area contributed by atoms with Gasteiger partial charge in [0.05, 0.1) is 40.5 Å². The van der Waals surface area contributed by atoms with Crippen molar-refractivity contribution < 1.29 is 39.1 Å². The van der Waals surface area contributed by atoms with Crippen LogP contribution in [0.3, 0.4) is 0 Å². The second kappa shape index (κ2) is 9.03. The van der Waals surface area contributed by atoms with Gasteiger partial charge < -0.3 is 34.3 Å². The number of benzene rings is 2. The normalized spacial score (nSPS) is 22.4. The van der Waals surface area contributed by atoms with Gasteiger partial charge in [0, 0.05) is 18.4 Å². The van der Waals surface area contributed by atoms with Crippen LogP contribution >= 0.6 is 0 Å². The number of carboxylic acids is 1. The largest absolute Gasteiger partial charge is 0.496 e. The third kappa shape index (κ3) is 3.77. The minimum atomic E-state index is -1.14. The summed E-state index contributed by atoms with van der Waals surface area (Å²) < 4.78 is 21.8. The van der Waals surface area contributed by atoms with E-state index < -0.39 is 36.4 Å². The summed E-state index contributed by atoms with van der Waals surface area (Å²) in [7, 11) is 5.99. The number of ether oxygens (including phenoxy) is 4. The van der Waals surface area contributed by atoms with E-state index in [4.69, 9.17) is 18.9 Å². The lowest BCUT2D eigenvalue weighted by Gasteiger charge is -2.40. The number of hydrogen-bond acceptors (Lipinski definition) is 7. The third-order valence-electron chi connectivity index (χ3n) is 6.02. The van der Waals surface area contributed by atoms with E-state index >= 15 is 0 Å². The average molecular weight is 432 g/mol. The minimum absolute atomic E-state index is 0.383. The summed E-state index contributed by atoms with van der Waals surface area (Å²) in [6.07, 6.45) is -1.14. The monoisotopic (exact) mass is 432 g/mol. The SMILES string of the molecule is COc1cc2c(cc1C)C(O)C(CO)[C@@H](C(=O)O)[C@@H]2c1cc(OC)c(OC)c(OC)c1. The third-order valence-corrected chi connectivity index (χ3v) is 6.02. The van der Waals surface area contributed by atoms with Gasteiger partial charge in [0.15, 0.2) is 11.5 Å². The quantitative estimate of drug-likeness (QED) is 0.612. The van der Waals surface area contributed by atoms with E-state index in [0.29, 0.717) is 39.7 Å². The molecule has 0 saturated heterocycles. The van der Waals surface area contributed by atoms with Gasteiger partial charge in [-0.25, -0.2) is 0 Å². The van der Waals surface area contributed by atoms with E-state index in [9.17, 15) is 20.1 Å². The first-order chi connectivity index (χ1) is 14.8. The summed E-state index contributed by atoms with van der Waals surface area (Å²) >= 11 is 0. The molecule has 31 heavy (non-hydrogen) atoms. The first-order valence-corrected chi connectivity index (χ1v) is 9.82. The number of carboxylic acid groups (broad SMARTS) is 1. The Balaban J connectivity index is 2.35. The van der Waals surface area contributed by atoms with Crippen molar-refractivity contribution in [3.8, 4) is 23.0 Å². The molecule has 0 aliphatic heterocycles. The Bertz CT molecular complexity index is 945. The molecular weight excluding hydrogens is 404 g/mol. The van der Waals surface area contributed by atoms with Crippen LogP contribution in [0.5, 0.6) is 23.0 Å². The van der Waals surface area contributed by atoms with Gasteiger partial charge in [0.2, 0.25) is 5.75 Å². The molecule has 0 radical (unpaired) electrons. The van der Waals surface area contributed by atoms with Crippen molar-refractivity contribution >= 4 is 5.97 Å². The number of carbonyl (C=O) groups is 1. The van der Waals surface area contributed by atoms with Gasteiger partial charge in [-0.15, -0.1) is 0 Å². The topological polar surface area (TPSA) is 115 Å². The molecule has 0 bridgehead atoms. The summed E-state index contributed by atoms with van der Waals surface area (Å²) in [5, 5.41) is 31.1. The summed E-state index contributed by atoms with van der Waals surface area (Å²) in [5.41, 5.74) is 2.57. The number of aliphatic carboxylic acids is 1. The van der Waals surface area contributed by atoms with Crippen LogP contribution < -0.4 is 18.9 Å². The van der Waals surface area contributed by atoms with Crippen LogP contribution in [0.1, 0.15) is 34.3 Å². The van der Waals surface area contributed by atoms with Crippen molar-refractivity contribution in [3.05, 3.63) is 46.5 Å². The van der Waals surface area contributed by atoms with Crippen LogP contribution in [0.2, 0.25) is 0 Å². The zero-order valence-corrected chi connectivity index (χ0v) is 18.2. The highest BCUT2D eigenvalue weighted by Crippen LogP contribution is 2.52. The highest BCUT2D eigenvalue weighted by Gasteiger charge is 2.47. The fourth-order valence-electron chi connectivity index (χ4n) is 4.55. The van der Waals surface area contributed by atoms with E-state index in [1.54, 1.807) is 24.3 Å². The molecule has 3 rings (SSSR count). The molecule has 8 heteroatoms. The molecule has 2 aromatic rings. The Morgan fingerprint density at radius 2 is 1.48 bits per heavy atom. The van der Waals surface area contributed by atoms with Gasteiger partial charge in [-0.3, -0.25) is 4.79 Å². The predicted molar refractivity (Wildman–Crippen MR) is 112 cm³/mol. The van der Waals surface area contributed by atoms with Crippen molar-refractivity contribution in [2.45, 2.75) is 18.9 Å². The predicted octanol–water partition coefficient (Wildman–Crippen LogP) is 2.52. The van der Waals surface area contributed by atoms with E-state index in [1.807, 2.05) is 6.92 Å². The molecular formula is C23H28O8. The van der Waals surface area contributed by atoms with Crippen molar-refractivity contribution in [1.29, 1.82) is 0 Å². The van der Waals surface area contributed by atoms with E-state index in [2.05, 4.69) is 0 Å². The highest BCUT2D eigenvalue weighted by molar-refractivity contribution is 5.75. The Morgan fingerprint density at radius 3 is 1.94 bits per heavy atom. The maximum Gasteiger partial charge on any atom is 0.307 e. The van der Waals surface area contributed by atoms with Crippen molar-refractivity contribution in [2.24, 2.45) is 11.8 Å². The molecule has 0 saturated carbocycles. The summed E-state index contributed by atoms with van der Waals surface area (Å²) in [6, 6.07) is 6.93. The lowest BCUT2D eigenvalue weighted by atomic mass is 9.65. The lowest BCUT2D eigenvalue weighted by molar-refractivity contribution is -0.148. The number of fused-ring (bicyclic) bond motifs is 1. The van der Waals surface area contributed by atoms with Crippen LogP contribution in [0.15, 0.2) is 24.3 Å². The van der Waals surface area contributed by atoms with Crippen LogP contribution in [0.25, 0.3) is 0 Å². The van der Waals surface area contributed by atoms with Gasteiger partial charge in [0.1, 0.15) is 5.75 Å². The number of aryl methyl sites for hydroxylation is 1. The molecule has 0 amide bonds. The van der Waals surface area contributed by atoms with E-state index in [-0.39, 0.29) is 0 Å². The second-order valence-corrected chi connectivity index (χ2v) is 7.54. The Hall–Kier alpha value is -2.97. The molecule has 2 unspecified atom stereocenters. The van der Waals surface area contributed by atoms with Gasteiger partial charge in [-0.1, -0.05) is 0 Å². The molecule has 168 valence electrons. The Kier molecular flexibility index (Phi) is 6.62. The van der Waals surface area contributed by atoms with Crippen LogP contribution in [-0.2, 0) is 4.79 Å². The number of methoxy groups -OCH3 is 4. The zero-order chi connectivity index (χ0) is 22.9. The molecule has 3 N–H and O–H groups in total. The fraction of sp³-hybridized carbons (Fsp3) is 0.435. The standard InChI is InChI=1S/C23H28O8/c1-11-6-14-13(9-16(11)28-2)19(20(23(26)27)15(10-24)21(14)25)12-7-17(29-3)22(31-5)18(8-12)30-4/h6-9,15,19-21,24-25H,10H2,1-5H3,(H,26,27)/t15?,19-,20-,21?/m1/s1. The fourth-order valence-corrected chi connectivity index (χ4v) is 4.55. The molecule has 0 fully saturated rings. The van der Waals surface area contributed by atoms with E-state index in [0.717, 1.165) is 5.56 Å². The smallest absolute Gasteiger partial charge is 0.307 e. The van der Waals surface area contributed by atoms with Crippen LogP contribution in [0.4, 0.5) is 0 Å². The molecule has 0 aromatic heterocycles. The molecule has 8 nitrogen and oxygen atoms in total. The molecule has 1 aliphatic rings. The number of aliphatic hydroxyl groups excluding tert-OH is 2. The zero-order valence-electron chi connectivity index (χ0n) is 18.2. The van der Waals surface area contributed by atoms with Gasteiger partial charge >= 0.3 is 5.97 Å². The van der Waals surface area contributed by atoms with Gasteiger partial charge in [-0.05, 0) is 53.4 Å². The Morgan fingerprint density at radius 1 is 0.903 bits per heavy atom. The minimum Gasteiger partial charge on any atom is -0.496 e. The average Bonchev–Trinajstić information content (AvgIpc) is 2.77. The van der Waals surface area contributed by atoms with Crippen LogP contribution in [-0.4, -0.2) is 56.3 Å². The summed E-state index contributed by atoms with van der Waals surface area (Å²) in [4.78, 5) is 12.4. The first-order valence-electron chi connectivity index (χ1n) is 9.82. The van der Waals surface area contributed by atoms with Crippen LogP contribution in [0, 0.1) is 18.8 Å². The number of aliphatic hydroxyl groups is 2. The molecule has 0 spiro atoms. The highest BCUT2D eigenvalue weighted by atomic mass is 16.5.